The van der Waals surface area contributed by atoms with E-state index in [9.17, 15) is 0 Å². The van der Waals surface area contributed by atoms with Gasteiger partial charge in [0.05, 0.1) is 0 Å². The lowest BCUT2D eigenvalue weighted by atomic mass is 10.1. The normalized spacial score (nSPS) is 12.2. The van der Waals surface area contributed by atoms with Gasteiger partial charge in [0.1, 0.15) is 16.2 Å². The van der Waals surface area contributed by atoms with Gasteiger partial charge in [-0.05, 0) is 47.0 Å². The van der Waals surface area contributed by atoms with Crippen LogP contribution >= 0.6 is 31.9 Å². The number of aryl methyl sites for hydroxylation is 1. The fourth-order valence-corrected chi connectivity index (χ4v) is 2.62. The molecule has 106 valence electrons. The molecule has 0 aliphatic carbocycles. The van der Waals surface area contributed by atoms with Crippen LogP contribution in [0.25, 0.3) is 0 Å². The first-order chi connectivity index (χ1) is 9.58. The number of halogens is 2. The van der Waals surface area contributed by atoms with Crippen molar-refractivity contribution in [3.63, 3.8) is 0 Å². The predicted molar refractivity (Wildman–Crippen MR) is 89.9 cm³/mol. The molecule has 2 rings (SSSR count). The van der Waals surface area contributed by atoms with E-state index in [1.165, 1.54) is 5.56 Å². The Morgan fingerprint density at radius 3 is 2.50 bits per heavy atom. The van der Waals surface area contributed by atoms with E-state index in [-0.39, 0.29) is 6.04 Å². The summed E-state index contributed by atoms with van der Waals surface area (Å²) in [7, 11) is 0. The molecule has 3 nitrogen and oxygen atoms in total. The standard InChI is InChI=1S/C15H17Br2N3/c1-3-4-14-19-13(17)9-15(20-14)18-10(2)11-5-7-12(16)8-6-11/h5-10H,3-4H2,1-2H3,(H,18,19,20). The number of nitrogens with one attached hydrogen (secondary N) is 1. The molecule has 1 heterocycles. The lowest BCUT2D eigenvalue weighted by Crippen LogP contribution is -2.09. The van der Waals surface area contributed by atoms with Crippen LogP contribution in [-0.2, 0) is 6.42 Å². The molecule has 0 saturated heterocycles. The lowest BCUT2D eigenvalue weighted by Gasteiger charge is -2.15. The molecular formula is C15H17Br2N3. The van der Waals surface area contributed by atoms with Gasteiger partial charge in [0.25, 0.3) is 0 Å². The zero-order chi connectivity index (χ0) is 14.5. The van der Waals surface area contributed by atoms with Gasteiger partial charge in [-0.3, -0.25) is 0 Å². The molecule has 0 radical (unpaired) electrons. The van der Waals surface area contributed by atoms with Gasteiger partial charge in [-0.2, -0.15) is 0 Å². The third kappa shape index (κ3) is 4.28. The van der Waals surface area contributed by atoms with Crippen LogP contribution in [0, 0.1) is 0 Å². The Hall–Kier alpha value is -0.940. The van der Waals surface area contributed by atoms with Gasteiger partial charge in [-0.25, -0.2) is 9.97 Å². The molecule has 0 aliphatic rings. The smallest absolute Gasteiger partial charge is 0.132 e. The first-order valence-corrected chi connectivity index (χ1v) is 8.22. The largest absolute Gasteiger partial charge is 0.363 e. The van der Waals surface area contributed by atoms with E-state index in [2.05, 4.69) is 73.1 Å². The van der Waals surface area contributed by atoms with Crippen LogP contribution in [0.5, 0.6) is 0 Å². The predicted octanol–water partition coefficient (Wildman–Crippen LogP) is 5.13. The molecule has 0 bridgehead atoms. The summed E-state index contributed by atoms with van der Waals surface area (Å²) in [6.07, 6.45) is 1.93. The minimum atomic E-state index is 0.194. The number of nitrogens with zero attached hydrogens (tertiary/aromatic N) is 2. The second kappa shape index (κ2) is 7.18. The molecule has 2 aromatic rings. The van der Waals surface area contributed by atoms with E-state index in [0.29, 0.717) is 0 Å². The van der Waals surface area contributed by atoms with Crippen molar-refractivity contribution in [2.45, 2.75) is 32.7 Å². The van der Waals surface area contributed by atoms with Crippen LogP contribution in [0.2, 0.25) is 0 Å². The number of rotatable bonds is 5. The highest BCUT2D eigenvalue weighted by Crippen LogP contribution is 2.21. The Morgan fingerprint density at radius 1 is 1.15 bits per heavy atom. The second-order valence-corrected chi connectivity index (χ2v) is 6.39. The third-order valence-corrected chi connectivity index (χ3v) is 3.88. The van der Waals surface area contributed by atoms with Gasteiger partial charge in [0.2, 0.25) is 0 Å². The molecular weight excluding hydrogens is 382 g/mol. The molecule has 20 heavy (non-hydrogen) atoms. The monoisotopic (exact) mass is 397 g/mol. The first-order valence-electron chi connectivity index (χ1n) is 6.64. The number of anilines is 1. The van der Waals surface area contributed by atoms with Crippen molar-refractivity contribution in [2.75, 3.05) is 5.32 Å². The Morgan fingerprint density at radius 2 is 1.85 bits per heavy atom. The molecule has 0 saturated carbocycles. The van der Waals surface area contributed by atoms with Crippen LogP contribution < -0.4 is 5.32 Å². The summed E-state index contributed by atoms with van der Waals surface area (Å²) in [5, 5.41) is 3.42. The molecule has 0 amide bonds. The van der Waals surface area contributed by atoms with Crippen LogP contribution in [0.1, 0.15) is 37.7 Å². The van der Waals surface area contributed by atoms with E-state index in [0.717, 1.165) is 33.6 Å². The van der Waals surface area contributed by atoms with Crippen LogP contribution in [0.4, 0.5) is 5.82 Å². The highest BCUT2D eigenvalue weighted by Gasteiger charge is 2.08. The molecule has 1 aromatic carbocycles. The van der Waals surface area contributed by atoms with Gasteiger partial charge in [-0.15, -0.1) is 0 Å². The van der Waals surface area contributed by atoms with Gasteiger partial charge < -0.3 is 5.32 Å². The van der Waals surface area contributed by atoms with Crippen LogP contribution in [0.15, 0.2) is 39.4 Å². The molecule has 0 aliphatic heterocycles. The fourth-order valence-electron chi connectivity index (χ4n) is 1.93. The zero-order valence-corrected chi connectivity index (χ0v) is 14.7. The molecule has 1 N–H and O–H groups in total. The summed E-state index contributed by atoms with van der Waals surface area (Å²) < 4.78 is 1.91. The highest BCUT2D eigenvalue weighted by atomic mass is 79.9. The third-order valence-electron chi connectivity index (χ3n) is 2.95. The van der Waals surface area contributed by atoms with Crippen molar-refractivity contribution in [1.82, 2.24) is 9.97 Å². The van der Waals surface area contributed by atoms with Crippen molar-refractivity contribution in [1.29, 1.82) is 0 Å². The second-order valence-electron chi connectivity index (χ2n) is 4.66. The Bertz CT molecular complexity index is 570. The molecule has 1 atom stereocenters. The van der Waals surface area contributed by atoms with Crippen molar-refractivity contribution >= 4 is 37.7 Å². The summed E-state index contributed by atoms with van der Waals surface area (Å²) in [6, 6.07) is 10.4. The average molecular weight is 399 g/mol. The number of hydrogen-bond donors (Lipinski definition) is 1. The van der Waals surface area contributed by atoms with Crippen molar-refractivity contribution in [3.8, 4) is 0 Å². The van der Waals surface area contributed by atoms with E-state index >= 15 is 0 Å². The summed E-state index contributed by atoms with van der Waals surface area (Å²) in [5.41, 5.74) is 1.22. The quantitative estimate of drug-likeness (QED) is 0.709. The SMILES string of the molecule is CCCc1nc(Br)cc(NC(C)c2ccc(Br)cc2)n1. The summed E-state index contributed by atoms with van der Waals surface area (Å²) in [5.74, 6) is 1.72. The maximum absolute atomic E-state index is 4.54. The van der Waals surface area contributed by atoms with Gasteiger partial charge in [-0.1, -0.05) is 35.0 Å². The minimum Gasteiger partial charge on any atom is -0.363 e. The Balaban J connectivity index is 2.14. The number of aromatic nitrogens is 2. The zero-order valence-electron chi connectivity index (χ0n) is 11.5. The van der Waals surface area contributed by atoms with Gasteiger partial charge >= 0.3 is 0 Å². The molecule has 0 fully saturated rings. The van der Waals surface area contributed by atoms with Crippen molar-refractivity contribution in [2.24, 2.45) is 0 Å². The Kier molecular flexibility index (Phi) is 5.54. The molecule has 5 heteroatoms. The van der Waals surface area contributed by atoms with Gasteiger partial charge in [0.15, 0.2) is 0 Å². The molecule has 1 unspecified atom stereocenters. The van der Waals surface area contributed by atoms with E-state index < -0.39 is 0 Å². The van der Waals surface area contributed by atoms with Crippen LogP contribution in [-0.4, -0.2) is 9.97 Å². The van der Waals surface area contributed by atoms with Gasteiger partial charge in [0, 0.05) is 23.0 Å². The molecule has 1 aromatic heterocycles. The summed E-state index contributed by atoms with van der Waals surface area (Å²) in [6.45, 7) is 4.25. The topological polar surface area (TPSA) is 37.8 Å². The fraction of sp³-hybridized carbons (Fsp3) is 0.333. The molecule has 0 spiro atoms. The minimum absolute atomic E-state index is 0.194. The number of hydrogen-bond acceptors (Lipinski definition) is 3. The van der Waals surface area contributed by atoms with E-state index in [1.807, 2.05) is 18.2 Å². The highest BCUT2D eigenvalue weighted by molar-refractivity contribution is 9.10. The van der Waals surface area contributed by atoms with E-state index in [1.54, 1.807) is 0 Å². The lowest BCUT2D eigenvalue weighted by molar-refractivity contribution is 0.814. The van der Waals surface area contributed by atoms with Crippen LogP contribution in [0.3, 0.4) is 0 Å². The van der Waals surface area contributed by atoms with Crippen molar-refractivity contribution in [3.05, 3.63) is 50.8 Å². The Labute approximate surface area is 136 Å². The van der Waals surface area contributed by atoms with E-state index in [4.69, 9.17) is 0 Å². The maximum Gasteiger partial charge on any atom is 0.132 e. The maximum atomic E-state index is 4.54. The summed E-state index contributed by atoms with van der Waals surface area (Å²) >= 11 is 6.89. The number of benzene rings is 1. The summed E-state index contributed by atoms with van der Waals surface area (Å²) in [4.78, 5) is 8.92. The van der Waals surface area contributed by atoms with Crippen molar-refractivity contribution < 1.29 is 0 Å². The average Bonchev–Trinajstić information content (AvgIpc) is 2.39. The first kappa shape index (κ1) is 15.4.